The Bertz CT molecular complexity index is 734. The zero-order chi connectivity index (χ0) is 18.2. The number of nitrogens with one attached hydrogen (secondary N) is 2. The van der Waals surface area contributed by atoms with Gasteiger partial charge in [0.1, 0.15) is 0 Å². The Kier molecular flexibility index (Phi) is 6.71. The Labute approximate surface area is 153 Å². The maximum atomic E-state index is 10.6. The van der Waals surface area contributed by atoms with Gasteiger partial charge in [0.05, 0.1) is 4.92 Å². The summed E-state index contributed by atoms with van der Waals surface area (Å²) in [6.07, 6.45) is 0. The summed E-state index contributed by atoms with van der Waals surface area (Å²) in [7, 11) is 0. The van der Waals surface area contributed by atoms with Crippen LogP contribution in [-0.4, -0.2) is 29.7 Å². The molecule has 0 fully saturated rings. The summed E-state index contributed by atoms with van der Waals surface area (Å²) >= 11 is 5.27. The largest absolute Gasteiger partial charge is 0.370 e. The molecule has 0 aromatic heterocycles. The molecule has 0 radical (unpaired) electrons. The van der Waals surface area contributed by atoms with E-state index in [-0.39, 0.29) is 5.69 Å². The van der Waals surface area contributed by atoms with E-state index in [0.717, 1.165) is 13.1 Å². The van der Waals surface area contributed by atoms with Crippen LogP contribution in [0.5, 0.6) is 0 Å². The van der Waals surface area contributed by atoms with Crippen molar-refractivity contribution in [2.45, 2.75) is 13.8 Å². The minimum absolute atomic E-state index is 0.0566. The second kappa shape index (κ2) is 8.98. The fraction of sp³-hybridized carbons (Fsp3) is 0.278. The molecule has 0 amide bonds. The number of non-ortho nitro benzene ring substituents is 1. The highest BCUT2D eigenvalue weighted by atomic mass is 32.1. The van der Waals surface area contributed by atoms with Crippen molar-refractivity contribution in [2.75, 3.05) is 29.9 Å². The number of nitro benzene ring substituents is 1. The van der Waals surface area contributed by atoms with Gasteiger partial charge in [0.2, 0.25) is 0 Å². The monoisotopic (exact) mass is 358 g/mol. The number of hydrogen-bond donors (Lipinski definition) is 2. The molecule has 2 aromatic rings. The lowest BCUT2D eigenvalue weighted by atomic mass is 10.2. The minimum Gasteiger partial charge on any atom is -0.370 e. The predicted octanol–water partition coefficient (Wildman–Crippen LogP) is 3.72. The third-order valence-corrected chi connectivity index (χ3v) is 4.00. The topological polar surface area (TPSA) is 70.4 Å². The van der Waals surface area contributed by atoms with E-state index < -0.39 is 4.92 Å². The van der Waals surface area contributed by atoms with Crippen molar-refractivity contribution in [3.8, 4) is 0 Å². The van der Waals surface area contributed by atoms with Crippen LogP contribution >= 0.6 is 12.2 Å². The van der Waals surface area contributed by atoms with Crippen molar-refractivity contribution in [1.82, 2.24) is 5.32 Å². The summed E-state index contributed by atoms with van der Waals surface area (Å²) in [6, 6.07) is 14.6. The number of nitrogens with zero attached hydrogens (tertiary/aromatic N) is 2. The Morgan fingerprint density at radius 1 is 1.24 bits per heavy atom. The molecule has 0 unspecified atom stereocenters. The molecule has 132 valence electrons. The van der Waals surface area contributed by atoms with Crippen molar-refractivity contribution < 1.29 is 4.92 Å². The summed E-state index contributed by atoms with van der Waals surface area (Å²) in [4.78, 5) is 12.5. The van der Waals surface area contributed by atoms with Crippen LogP contribution in [-0.2, 0) is 0 Å². The van der Waals surface area contributed by atoms with Crippen molar-refractivity contribution in [3.05, 3.63) is 64.2 Å². The third-order valence-electron chi connectivity index (χ3n) is 3.75. The normalized spacial score (nSPS) is 10.2. The minimum atomic E-state index is -0.426. The van der Waals surface area contributed by atoms with Crippen LogP contribution in [0.25, 0.3) is 0 Å². The van der Waals surface area contributed by atoms with Gasteiger partial charge in [0, 0.05) is 43.1 Å². The van der Waals surface area contributed by atoms with Gasteiger partial charge in [-0.3, -0.25) is 10.1 Å². The van der Waals surface area contributed by atoms with E-state index in [9.17, 15) is 10.1 Å². The molecule has 0 heterocycles. The lowest BCUT2D eigenvalue weighted by Crippen LogP contribution is -2.36. The Morgan fingerprint density at radius 2 is 1.96 bits per heavy atom. The van der Waals surface area contributed by atoms with Gasteiger partial charge in [0.15, 0.2) is 5.11 Å². The van der Waals surface area contributed by atoms with Gasteiger partial charge in [-0.1, -0.05) is 12.1 Å². The molecule has 0 atom stereocenters. The Morgan fingerprint density at radius 3 is 2.56 bits per heavy atom. The molecule has 0 bridgehead atoms. The average Bonchev–Trinajstić information content (AvgIpc) is 2.59. The van der Waals surface area contributed by atoms with E-state index in [2.05, 4.69) is 53.6 Å². The van der Waals surface area contributed by atoms with Crippen LogP contribution in [0.2, 0.25) is 0 Å². The van der Waals surface area contributed by atoms with E-state index >= 15 is 0 Å². The number of hydrogen-bond acceptors (Lipinski definition) is 4. The van der Waals surface area contributed by atoms with E-state index in [4.69, 9.17) is 12.2 Å². The van der Waals surface area contributed by atoms with Gasteiger partial charge < -0.3 is 15.5 Å². The number of benzene rings is 2. The number of nitro groups is 1. The first-order chi connectivity index (χ1) is 12.0. The first kappa shape index (κ1) is 18.7. The predicted molar refractivity (Wildman–Crippen MR) is 106 cm³/mol. The third kappa shape index (κ3) is 5.72. The van der Waals surface area contributed by atoms with Crippen LogP contribution in [0.15, 0.2) is 48.5 Å². The highest BCUT2D eigenvalue weighted by Gasteiger charge is 2.06. The highest BCUT2D eigenvalue weighted by Crippen LogP contribution is 2.16. The standard InChI is InChI=1S/C18H22N4O2S/c1-3-21(17-6-4-5-14(2)13-17)12-11-19-18(25)20-15-7-9-16(10-8-15)22(23)24/h4-10,13H,3,11-12H2,1-2H3,(H2,19,20,25). The summed E-state index contributed by atoms with van der Waals surface area (Å²) < 4.78 is 0. The molecule has 25 heavy (non-hydrogen) atoms. The van der Waals surface area contributed by atoms with Gasteiger partial charge in [-0.25, -0.2) is 0 Å². The molecule has 2 N–H and O–H groups in total. The fourth-order valence-electron chi connectivity index (χ4n) is 2.44. The molecule has 0 aliphatic heterocycles. The summed E-state index contributed by atoms with van der Waals surface area (Å²) in [5, 5.41) is 17.3. The van der Waals surface area contributed by atoms with Crippen molar-refractivity contribution in [2.24, 2.45) is 0 Å². The van der Waals surface area contributed by atoms with Crippen molar-refractivity contribution >= 4 is 34.4 Å². The molecule has 7 heteroatoms. The van der Waals surface area contributed by atoms with Crippen LogP contribution in [0.1, 0.15) is 12.5 Å². The zero-order valence-corrected chi connectivity index (χ0v) is 15.2. The van der Waals surface area contributed by atoms with Crippen molar-refractivity contribution in [3.63, 3.8) is 0 Å². The zero-order valence-electron chi connectivity index (χ0n) is 14.4. The molecule has 2 aromatic carbocycles. The van der Waals surface area contributed by atoms with Gasteiger partial charge in [-0.2, -0.15) is 0 Å². The van der Waals surface area contributed by atoms with E-state index in [1.54, 1.807) is 12.1 Å². The van der Waals surface area contributed by atoms with E-state index in [1.807, 2.05) is 0 Å². The first-order valence-electron chi connectivity index (χ1n) is 8.10. The van der Waals surface area contributed by atoms with Gasteiger partial charge in [-0.15, -0.1) is 0 Å². The SMILES string of the molecule is CCN(CCNC(=S)Nc1ccc([N+](=O)[O-])cc1)c1cccc(C)c1. The summed E-state index contributed by atoms with van der Waals surface area (Å²) in [5.74, 6) is 0. The number of thiocarbonyl (C=S) groups is 1. The number of anilines is 2. The fourth-order valence-corrected chi connectivity index (χ4v) is 2.66. The first-order valence-corrected chi connectivity index (χ1v) is 8.51. The van der Waals surface area contributed by atoms with E-state index in [0.29, 0.717) is 17.3 Å². The maximum Gasteiger partial charge on any atom is 0.269 e. The van der Waals surface area contributed by atoms with E-state index in [1.165, 1.54) is 23.4 Å². The number of likely N-dealkylation sites (N-methyl/N-ethyl adjacent to an activating group) is 1. The van der Waals surface area contributed by atoms with Crippen LogP contribution < -0.4 is 15.5 Å². The molecule has 0 spiro atoms. The molecule has 2 rings (SSSR count). The second-order valence-corrected chi connectivity index (χ2v) is 6.01. The lowest BCUT2D eigenvalue weighted by molar-refractivity contribution is -0.384. The molecule has 0 saturated carbocycles. The number of aryl methyl sites for hydroxylation is 1. The second-order valence-electron chi connectivity index (χ2n) is 5.60. The van der Waals surface area contributed by atoms with Crippen LogP contribution in [0.4, 0.5) is 17.1 Å². The molecular formula is C18H22N4O2S. The van der Waals surface area contributed by atoms with Crippen LogP contribution in [0, 0.1) is 17.0 Å². The number of rotatable bonds is 7. The quantitative estimate of drug-likeness (QED) is 0.447. The molecule has 0 saturated heterocycles. The molecule has 0 aliphatic rings. The summed E-state index contributed by atoms with van der Waals surface area (Å²) in [5.41, 5.74) is 3.20. The molecule has 6 nitrogen and oxygen atoms in total. The average molecular weight is 358 g/mol. The van der Waals surface area contributed by atoms with Crippen LogP contribution in [0.3, 0.4) is 0 Å². The van der Waals surface area contributed by atoms with Gasteiger partial charge >= 0.3 is 0 Å². The lowest BCUT2D eigenvalue weighted by Gasteiger charge is -2.24. The maximum absolute atomic E-state index is 10.6. The highest BCUT2D eigenvalue weighted by molar-refractivity contribution is 7.80. The van der Waals surface area contributed by atoms with Crippen molar-refractivity contribution in [1.29, 1.82) is 0 Å². The molecule has 0 aliphatic carbocycles. The summed E-state index contributed by atoms with van der Waals surface area (Å²) in [6.45, 7) is 6.63. The smallest absolute Gasteiger partial charge is 0.269 e. The molecular weight excluding hydrogens is 336 g/mol. The van der Waals surface area contributed by atoms with Gasteiger partial charge in [0.25, 0.3) is 5.69 Å². The Balaban J connectivity index is 1.82. The van der Waals surface area contributed by atoms with Gasteiger partial charge in [-0.05, 0) is 55.9 Å². The Hall–Kier alpha value is -2.67.